The van der Waals surface area contributed by atoms with E-state index in [1.165, 1.54) is 13.1 Å². The number of rotatable bonds is 3. The van der Waals surface area contributed by atoms with Gasteiger partial charge in [-0.05, 0) is 12.5 Å². The third-order valence-corrected chi connectivity index (χ3v) is 2.14. The summed E-state index contributed by atoms with van der Waals surface area (Å²) in [5, 5.41) is 8.85. The minimum Gasteiger partial charge on any atom is -0.392 e. The molecule has 0 aliphatic rings. The van der Waals surface area contributed by atoms with E-state index in [0.29, 0.717) is 11.3 Å². The van der Waals surface area contributed by atoms with Crippen molar-refractivity contribution in [1.82, 2.24) is 4.98 Å². The van der Waals surface area contributed by atoms with E-state index in [-0.39, 0.29) is 17.7 Å². The topological polar surface area (TPSA) is 59.1 Å². The molecule has 0 unspecified atom stereocenters. The van der Waals surface area contributed by atoms with Crippen molar-refractivity contribution in [3.8, 4) is 0 Å². The normalized spacial score (nSPS) is 11.0. The lowest BCUT2D eigenvalue weighted by atomic mass is 10.0. The summed E-state index contributed by atoms with van der Waals surface area (Å²) in [5.41, 5.74) is 6.16. The molecule has 0 amide bonds. The van der Waals surface area contributed by atoms with Gasteiger partial charge in [0.2, 0.25) is 0 Å². The van der Waals surface area contributed by atoms with E-state index >= 15 is 0 Å². The molecule has 3 N–H and O–H groups in total. The molecule has 0 aromatic carbocycles. The van der Waals surface area contributed by atoms with Crippen molar-refractivity contribution in [3.63, 3.8) is 0 Å². The summed E-state index contributed by atoms with van der Waals surface area (Å²) in [5.74, 6) is 0. The van der Waals surface area contributed by atoms with Crippen LogP contribution in [0, 0.1) is 6.92 Å². The highest BCUT2D eigenvalue weighted by atomic mass is 19.3. The SMILES string of the molecule is Cc1c(CN)ncc(CO)c1C(F)F. The lowest BCUT2D eigenvalue weighted by molar-refractivity contribution is 0.146. The largest absolute Gasteiger partial charge is 0.392 e. The van der Waals surface area contributed by atoms with Crippen molar-refractivity contribution in [1.29, 1.82) is 0 Å². The number of aliphatic hydroxyl groups excluding tert-OH is 1. The number of nitrogens with two attached hydrogens (primary N) is 1. The standard InChI is InChI=1S/C9H12F2N2O/c1-5-7(2-12)13-3-6(4-14)8(5)9(10)11/h3,9,14H,2,4,12H2,1H3. The van der Waals surface area contributed by atoms with Crippen LogP contribution in [0.25, 0.3) is 0 Å². The van der Waals surface area contributed by atoms with E-state index in [1.807, 2.05) is 0 Å². The highest BCUT2D eigenvalue weighted by Gasteiger charge is 2.18. The summed E-state index contributed by atoms with van der Waals surface area (Å²) in [6.45, 7) is 1.23. The van der Waals surface area contributed by atoms with Crippen LogP contribution >= 0.6 is 0 Å². The Morgan fingerprint density at radius 2 is 2.21 bits per heavy atom. The number of halogens is 2. The van der Waals surface area contributed by atoms with Crippen molar-refractivity contribution in [2.75, 3.05) is 0 Å². The zero-order valence-electron chi connectivity index (χ0n) is 7.80. The molecule has 0 saturated carbocycles. The molecule has 1 aromatic heterocycles. The average Bonchev–Trinajstić information content (AvgIpc) is 2.16. The number of alkyl halides is 2. The predicted octanol–water partition coefficient (Wildman–Crippen LogP) is 1.28. The fourth-order valence-electron chi connectivity index (χ4n) is 1.35. The molecule has 0 atom stereocenters. The molecular formula is C9H12F2N2O. The molecule has 78 valence electrons. The Bertz CT molecular complexity index is 329. The number of aliphatic hydroxyl groups is 1. The summed E-state index contributed by atoms with van der Waals surface area (Å²) in [6, 6.07) is 0. The Kier molecular flexibility index (Phi) is 3.49. The number of hydrogen-bond donors (Lipinski definition) is 2. The van der Waals surface area contributed by atoms with Gasteiger partial charge in [-0.25, -0.2) is 8.78 Å². The highest BCUT2D eigenvalue weighted by Crippen LogP contribution is 2.27. The van der Waals surface area contributed by atoms with E-state index < -0.39 is 13.0 Å². The Labute approximate surface area is 80.6 Å². The van der Waals surface area contributed by atoms with E-state index in [4.69, 9.17) is 10.8 Å². The van der Waals surface area contributed by atoms with Gasteiger partial charge in [-0.1, -0.05) is 0 Å². The average molecular weight is 202 g/mol. The van der Waals surface area contributed by atoms with Crippen LogP contribution in [0.2, 0.25) is 0 Å². The van der Waals surface area contributed by atoms with Gasteiger partial charge < -0.3 is 10.8 Å². The van der Waals surface area contributed by atoms with E-state index in [9.17, 15) is 8.78 Å². The Morgan fingerprint density at radius 3 is 2.64 bits per heavy atom. The van der Waals surface area contributed by atoms with Gasteiger partial charge in [-0.3, -0.25) is 4.98 Å². The van der Waals surface area contributed by atoms with Gasteiger partial charge >= 0.3 is 0 Å². The van der Waals surface area contributed by atoms with Gasteiger partial charge in [0.05, 0.1) is 12.3 Å². The highest BCUT2D eigenvalue weighted by molar-refractivity contribution is 5.36. The van der Waals surface area contributed by atoms with Crippen LogP contribution in [0.5, 0.6) is 0 Å². The van der Waals surface area contributed by atoms with Gasteiger partial charge in [0, 0.05) is 23.9 Å². The lowest BCUT2D eigenvalue weighted by Crippen LogP contribution is -2.08. The predicted molar refractivity (Wildman–Crippen MR) is 47.7 cm³/mol. The summed E-state index contributed by atoms with van der Waals surface area (Å²) in [6.07, 6.45) is -1.36. The second-order valence-corrected chi connectivity index (χ2v) is 2.93. The molecule has 1 rings (SSSR count). The summed E-state index contributed by atoms with van der Waals surface area (Å²) in [4.78, 5) is 3.89. The molecule has 1 heterocycles. The monoisotopic (exact) mass is 202 g/mol. The number of hydrogen-bond acceptors (Lipinski definition) is 3. The molecule has 0 bridgehead atoms. The molecule has 3 nitrogen and oxygen atoms in total. The first-order valence-corrected chi connectivity index (χ1v) is 4.18. The van der Waals surface area contributed by atoms with Crippen LogP contribution in [0.3, 0.4) is 0 Å². The maximum Gasteiger partial charge on any atom is 0.264 e. The van der Waals surface area contributed by atoms with Gasteiger partial charge in [0.25, 0.3) is 6.43 Å². The van der Waals surface area contributed by atoms with Gasteiger partial charge in [0.15, 0.2) is 0 Å². The first kappa shape index (κ1) is 11.0. The molecule has 0 fully saturated rings. The molecule has 0 saturated heterocycles. The van der Waals surface area contributed by atoms with E-state index in [0.717, 1.165) is 0 Å². The quantitative estimate of drug-likeness (QED) is 0.776. The van der Waals surface area contributed by atoms with Gasteiger partial charge in [-0.2, -0.15) is 0 Å². The van der Waals surface area contributed by atoms with Crippen LogP contribution < -0.4 is 5.73 Å². The van der Waals surface area contributed by atoms with E-state index in [1.54, 1.807) is 0 Å². The molecule has 0 aliphatic carbocycles. The number of pyridine rings is 1. The third kappa shape index (κ3) is 1.88. The van der Waals surface area contributed by atoms with E-state index in [2.05, 4.69) is 4.98 Å². The summed E-state index contributed by atoms with van der Waals surface area (Å²) in [7, 11) is 0. The second-order valence-electron chi connectivity index (χ2n) is 2.93. The van der Waals surface area contributed by atoms with Crippen molar-refractivity contribution in [2.45, 2.75) is 26.5 Å². The minimum atomic E-state index is -2.61. The zero-order valence-corrected chi connectivity index (χ0v) is 7.80. The van der Waals surface area contributed by atoms with Crippen molar-refractivity contribution in [3.05, 3.63) is 28.6 Å². The van der Waals surface area contributed by atoms with Crippen molar-refractivity contribution < 1.29 is 13.9 Å². The molecule has 0 radical (unpaired) electrons. The first-order chi connectivity index (χ1) is 6.61. The molecule has 0 aliphatic heterocycles. The fourth-order valence-corrected chi connectivity index (χ4v) is 1.35. The van der Waals surface area contributed by atoms with Crippen molar-refractivity contribution in [2.24, 2.45) is 5.73 Å². The van der Waals surface area contributed by atoms with Gasteiger partial charge in [-0.15, -0.1) is 0 Å². The molecule has 14 heavy (non-hydrogen) atoms. The summed E-state index contributed by atoms with van der Waals surface area (Å²) >= 11 is 0. The Hall–Kier alpha value is -1.07. The third-order valence-electron chi connectivity index (χ3n) is 2.14. The lowest BCUT2D eigenvalue weighted by Gasteiger charge is -2.12. The maximum atomic E-state index is 12.6. The number of aromatic nitrogens is 1. The first-order valence-electron chi connectivity index (χ1n) is 4.18. The molecule has 1 aromatic rings. The molecule has 0 spiro atoms. The Balaban J connectivity index is 3.31. The minimum absolute atomic E-state index is 0.122. The second kappa shape index (κ2) is 4.43. The molecule has 5 heteroatoms. The molecular weight excluding hydrogens is 190 g/mol. The van der Waals surface area contributed by atoms with Crippen molar-refractivity contribution >= 4 is 0 Å². The number of nitrogens with zero attached hydrogens (tertiary/aromatic N) is 1. The zero-order chi connectivity index (χ0) is 10.7. The fraction of sp³-hybridized carbons (Fsp3) is 0.444. The van der Waals surface area contributed by atoms with Gasteiger partial charge in [0.1, 0.15) is 0 Å². The smallest absolute Gasteiger partial charge is 0.264 e. The maximum absolute atomic E-state index is 12.6. The van der Waals surface area contributed by atoms with Crippen LogP contribution in [-0.2, 0) is 13.2 Å². The Morgan fingerprint density at radius 1 is 1.57 bits per heavy atom. The van der Waals surface area contributed by atoms with Crippen LogP contribution in [0.4, 0.5) is 8.78 Å². The van der Waals surface area contributed by atoms with Crippen LogP contribution in [0.1, 0.15) is 28.8 Å². The van der Waals surface area contributed by atoms with Crippen LogP contribution in [-0.4, -0.2) is 10.1 Å². The van der Waals surface area contributed by atoms with Crippen LogP contribution in [0.15, 0.2) is 6.20 Å². The summed E-state index contributed by atoms with van der Waals surface area (Å²) < 4.78 is 25.2.